The highest BCUT2D eigenvalue weighted by molar-refractivity contribution is 5.64. The average Bonchev–Trinajstić information content (AvgIpc) is 2.71. The van der Waals surface area contributed by atoms with Crippen molar-refractivity contribution in [1.82, 2.24) is 0 Å². The summed E-state index contributed by atoms with van der Waals surface area (Å²) >= 11 is 0. The summed E-state index contributed by atoms with van der Waals surface area (Å²) in [5.41, 5.74) is 1.98. The van der Waals surface area contributed by atoms with Crippen LogP contribution >= 0.6 is 0 Å². The number of hydrogen-bond acceptors (Lipinski definition) is 1. The summed E-state index contributed by atoms with van der Waals surface area (Å²) in [6.07, 6.45) is 8.04. The maximum absolute atomic E-state index is 15.4. The largest absolute Gasteiger partial charge is 0.494 e. The zero-order valence-corrected chi connectivity index (χ0v) is 16.8. The van der Waals surface area contributed by atoms with Crippen molar-refractivity contribution in [3.63, 3.8) is 0 Å². The van der Waals surface area contributed by atoms with Crippen LogP contribution < -0.4 is 4.74 Å². The van der Waals surface area contributed by atoms with E-state index in [1.807, 2.05) is 24.3 Å². The van der Waals surface area contributed by atoms with Gasteiger partial charge in [-0.3, -0.25) is 0 Å². The first-order valence-corrected chi connectivity index (χ1v) is 10.7. The summed E-state index contributed by atoms with van der Waals surface area (Å²) in [4.78, 5) is 0. The molecule has 2 aromatic carbocycles. The molecule has 1 saturated carbocycles. The first-order valence-electron chi connectivity index (χ1n) is 10.7. The Morgan fingerprint density at radius 1 is 0.889 bits per heavy atom. The molecule has 0 aliphatic heterocycles. The summed E-state index contributed by atoms with van der Waals surface area (Å²) in [6.45, 7) is 5.15. The van der Waals surface area contributed by atoms with Crippen molar-refractivity contribution < 1.29 is 9.13 Å². The number of hydrogen-bond donors (Lipinski definition) is 0. The molecular weight excluding hydrogens is 335 g/mol. The highest BCUT2D eigenvalue weighted by atomic mass is 19.1. The second-order valence-electron chi connectivity index (χ2n) is 8.00. The van der Waals surface area contributed by atoms with Gasteiger partial charge in [-0.2, -0.15) is 0 Å². The SMILES string of the molecule is CCCCOc1ccc(-c2ccc(C3(F)CCC(CCC)CC3)cc2)cc1. The van der Waals surface area contributed by atoms with Gasteiger partial charge in [-0.25, -0.2) is 4.39 Å². The third kappa shape index (κ3) is 5.12. The zero-order chi connectivity index (χ0) is 19.1. The summed E-state index contributed by atoms with van der Waals surface area (Å²) in [5, 5.41) is 0. The maximum atomic E-state index is 15.4. The Kier molecular flexibility index (Phi) is 6.93. The van der Waals surface area contributed by atoms with Gasteiger partial charge in [-0.15, -0.1) is 0 Å². The molecule has 0 N–H and O–H groups in total. The van der Waals surface area contributed by atoms with Gasteiger partial charge in [0, 0.05) is 0 Å². The predicted molar refractivity (Wildman–Crippen MR) is 112 cm³/mol. The Bertz CT molecular complexity index is 681. The predicted octanol–water partition coefficient (Wildman–Crippen LogP) is 7.69. The van der Waals surface area contributed by atoms with E-state index < -0.39 is 5.67 Å². The van der Waals surface area contributed by atoms with Crippen LogP contribution in [0.3, 0.4) is 0 Å². The van der Waals surface area contributed by atoms with E-state index in [1.54, 1.807) is 0 Å². The van der Waals surface area contributed by atoms with Gasteiger partial charge in [-0.1, -0.05) is 69.5 Å². The molecule has 0 amide bonds. The molecule has 1 nitrogen and oxygen atoms in total. The Labute approximate surface area is 164 Å². The van der Waals surface area contributed by atoms with Crippen LogP contribution in [0.25, 0.3) is 11.1 Å². The van der Waals surface area contributed by atoms with E-state index in [0.29, 0.717) is 12.8 Å². The number of rotatable bonds is 8. The number of ether oxygens (including phenoxy) is 1. The topological polar surface area (TPSA) is 9.23 Å². The second kappa shape index (κ2) is 9.39. The van der Waals surface area contributed by atoms with Crippen molar-refractivity contribution in [3.05, 3.63) is 54.1 Å². The van der Waals surface area contributed by atoms with Gasteiger partial charge >= 0.3 is 0 Å². The van der Waals surface area contributed by atoms with Gasteiger partial charge in [0.2, 0.25) is 0 Å². The molecule has 1 aliphatic carbocycles. The zero-order valence-electron chi connectivity index (χ0n) is 16.8. The van der Waals surface area contributed by atoms with Crippen LogP contribution in [0.2, 0.25) is 0 Å². The summed E-state index contributed by atoms with van der Waals surface area (Å²) in [7, 11) is 0. The van der Waals surface area contributed by atoms with E-state index in [4.69, 9.17) is 4.74 Å². The number of halogens is 1. The molecule has 0 unspecified atom stereocenters. The van der Waals surface area contributed by atoms with Crippen LogP contribution in [0.4, 0.5) is 4.39 Å². The van der Waals surface area contributed by atoms with E-state index in [-0.39, 0.29) is 0 Å². The molecule has 3 rings (SSSR count). The lowest BCUT2D eigenvalue weighted by atomic mass is 9.75. The maximum Gasteiger partial charge on any atom is 0.136 e. The first kappa shape index (κ1) is 19.9. The van der Waals surface area contributed by atoms with Crippen molar-refractivity contribution in [1.29, 1.82) is 0 Å². The second-order valence-corrected chi connectivity index (χ2v) is 8.00. The molecule has 1 fully saturated rings. The summed E-state index contributed by atoms with van der Waals surface area (Å²) in [5.74, 6) is 1.63. The highest BCUT2D eigenvalue weighted by Gasteiger charge is 2.36. The van der Waals surface area contributed by atoms with Gasteiger partial charge in [-0.05, 0) is 66.8 Å². The fraction of sp³-hybridized carbons (Fsp3) is 0.520. The van der Waals surface area contributed by atoms with Gasteiger partial charge in [0.15, 0.2) is 0 Å². The third-order valence-corrected chi connectivity index (χ3v) is 5.95. The van der Waals surface area contributed by atoms with Crippen LogP contribution in [-0.4, -0.2) is 6.61 Å². The Morgan fingerprint density at radius 2 is 1.48 bits per heavy atom. The smallest absolute Gasteiger partial charge is 0.136 e. The van der Waals surface area contributed by atoms with E-state index in [2.05, 4.69) is 38.1 Å². The molecule has 27 heavy (non-hydrogen) atoms. The molecule has 0 heterocycles. The van der Waals surface area contributed by atoms with Crippen LogP contribution in [0.15, 0.2) is 48.5 Å². The van der Waals surface area contributed by atoms with Gasteiger partial charge < -0.3 is 4.74 Å². The molecule has 0 radical (unpaired) electrons. The molecule has 2 heteroatoms. The molecule has 146 valence electrons. The lowest BCUT2D eigenvalue weighted by Crippen LogP contribution is -2.27. The molecule has 0 bridgehead atoms. The van der Waals surface area contributed by atoms with E-state index in [1.165, 1.54) is 12.8 Å². The average molecular weight is 369 g/mol. The lowest BCUT2D eigenvalue weighted by molar-refractivity contribution is 0.0793. The monoisotopic (exact) mass is 368 g/mol. The summed E-state index contributed by atoms with van der Waals surface area (Å²) in [6, 6.07) is 16.3. The minimum Gasteiger partial charge on any atom is -0.494 e. The normalized spacial score (nSPS) is 22.6. The highest BCUT2D eigenvalue weighted by Crippen LogP contribution is 2.44. The molecule has 0 spiro atoms. The quantitative estimate of drug-likeness (QED) is 0.434. The van der Waals surface area contributed by atoms with Crippen molar-refractivity contribution in [3.8, 4) is 16.9 Å². The number of benzene rings is 2. The minimum absolute atomic E-state index is 0.667. The standard InChI is InChI=1S/C25H33FO/c1-3-5-19-27-24-13-9-22(10-14-24)21-7-11-23(12-8-21)25(26)17-15-20(6-4-2)16-18-25/h7-14,20H,3-6,15-19H2,1-2H3. The van der Waals surface area contributed by atoms with Gasteiger partial charge in [0.1, 0.15) is 11.4 Å². The van der Waals surface area contributed by atoms with Crippen molar-refractivity contribution >= 4 is 0 Å². The van der Waals surface area contributed by atoms with Crippen LogP contribution in [0.5, 0.6) is 5.75 Å². The van der Waals surface area contributed by atoms with E-state index >= 15 is 4.39 Å². The summed E-state index contributed by atoms with van der Waals surface area (Å²) < 4.78 is 21.2. The molecule has 1 aliphatic rings. The fourth-order valence-electron chi connectivity index (χ4n) is 4.16. The molecule has 0 aromatic heterocycles. The first-order chi connectivity index (χ1) is 13.1. The van der Waals surface area contributed by atoms with E-state index in [9.17, 15) is 0 Å². The molecule has 0 atom stereocenters. The lowest BCUT2D eigenvalue weighted by Gasteiger charge is -2.34. The van der Waals surface area contributed by atoms with Crippen LogP contribution in [-0.2, 0) is 5.67 Å². The van der Waals surface area contributed by atoms with Crippen LogP contribution in [0, 0.1) is 5.92 Å². The van der Waals surface area contributed by atoms with Crippen molar-refractivity contribution in [2.45, 2.75) is 70.9 Å². The van der Waals surface area contributed by atoms with Crippen molar-refractivity contribution in [2.75, 3.05) is 6.61 Å². The molecular formula is C25H33FO. The third-order valence-electron chi connectivity index (χ3n) is 5.95. The molecule has 2 aromatic rings. The number of unbranched alkanes of at least 4 members (excludes halogenated alkanes) is 1. The van der Waals surface area contributed by atoms with Gasteiger partial charge in [0.25, 0.3) is 0 Å². The Hall–Kier alpha value is -1.83. The minimum atomic E-state index is -1.14. The number of alkyl halides is 1. The fourth-order valence-corrected chi connectivity index (χ4v) is 4.16. The van der Waals surface area contributed by atoms with E-state index in [0.717, 1.165) is 60.6 Å². The van der Waals surface area contributed by atoms with Crippen molar-refractivity contribution in [2.24, 2.45) is 5.92 Å². The Balaban J connectivity index is 1.63. The van der Waals surface area contributed by atoms with Gasteiger partial charge in [0.05, 0.1) is 6.61 Å². The Morgan fingerprint density at radius 3 is 2.04 bits per heavy atom. The molecule has 0 saturated heterocycles. The van der Waals surface area contributed by atoms with Crippen LogP contribution in [0.1, 0.15) is 70.8 Å².